The van der Waals surface area contributed by atoms with Crippen molar-refractivity contribution >= 4 is 22.8 Å². The number of carbonyl (C=O) groups is 1. The highest BCUT2D eigenvalue weighted by molar-refractivity contribution is 5.76. The van der Waals surface area contributed by atoms with Crippen molar-refractivity contribution in [2.45, 2.75) is 20.3 Å². The molecule has 2 aromatic rings. The number of carbonyl (C=O) groups excluding carboxylic acids is 1. The van der Waals surface area contributed by atoms with Crippen LogP contribution in [0.15, 0.2) is 24.3 Å². The number of para-hydroxylation sites is 2. The molecule has 5 nitrogen and oxygen atoms in total. The second kappa shape index (κ2) is 6.32. The minimum atomic E-state index is 0.00864. The Morgan fingerprint density at radius 3 is 2.55 bits per heavy atom. The molecule has 1 amide bonds. The lowest BCUT2D eigenvalue weighted by Gasteiger charge is -2.20. The molecule has 0 unspecified atom stereocenters. The lowest BCUT2D eigenvalue weighted by atomic mass is 10.3. The van der Waals surface area contributed by atoms with Crippen LogP contribution >= 0.6 is 0 Å². The van der Waals surface area contributed by atoms with Crippen molar-refractivity contribution in [2.24, 2.45) is 0 Å². The number of anilines is 1. The summed E-state index contributed by atoms with van der Waals surface area (Å²) in [5, 5.41) is 2.79. The summed E-state index contributed by atoms with van der Waals surface area (Å²) < 4.78 is 0. The Morgan fingerprint density at radius 2 is 1.90 bits per heavy atom. The maximum Gasteiger partial charge on any atom is 0.216 e. The monoisotopic (exact) mass is 272 g/mol. The minimum Gasteiger partial charge on any atom is -0.358 e. The zero-order valence-corrected chi connectivity index (χ0v) is 12.2. The number of benzene rings is 1. The van der Waals surface area contributed by atoms with Gasteiger partial charge in [-0.3, -0.25) is 4.79 Å². The predicted octanol–water partition coefficient (Wildman–Crippen LogP) is 1.90. The third kappa shape index (κ3) is 3.44. The van der Waals surface area contributed by atoms with E-state index in [2.05, 4.69) is 20.2 Å². The van der Waals surface area contributed by atoms with Gasteiger partial charge in [0.25, 0.3) is 0 Å². The standard InChI is InChI=1S/C15H20N4O/c1-11-15(19(3)10-6-9-16-12(2)20)18-14-8-5-4-7-13(14)17-11/h4-5,7-8H,6,9-10H2,1-3H3,(H,16,20). The summed E-state index contributed by atoms with van der Waals surface area (Å²) in [5.41, 5.74) is 2.74. The van der Waals surface area contributed by atoms with Gasteiger partial charge in [-0.15, -0.1) is 0 Å². The Morgan fingerprint density at radius 1 is 1.25 bits per heavy atom. The average Bonchev–Trinajstić information content (AvgIpc) is 2.42. The zero-order chi connectivity index (χ0) is 14.5. The number of amides is 1. The van der Waals surface area contributed by atoms with Crippen LogP contribution in [0.25, 0.3) is 11.0 Å². The third-order valence-electron chi connectivity index (χ3n) is 3.13. The molecule has 5 heteroatoms. The van der Waals surface area contributed by atoms with Crippen molar-refractivity contribution in [1.29, 1.82) is 0 Å². The number of fused-ring (bicyclic) bond motifs is 1. The minimum absolute atomic E-state index is 0.00864. The Labute approximate surface area is 119 Å². The molecule has 1 N–H and O–H groups in total. The van der Waals surface area contributed by atoms with Crippen LogP contribution in [0.3, 0.4) is 0 Å². The topological polar surface area (TPSA) is 58.1 Å². The first-order valence-corrected chi connectivity index (χ1v) is 6.77. The van der Waals surface area contributed by atoms with Crippen LogP contribution in [0.2, 0.25) is 0 Å². The highest BCUT2D eigenvalue weighted by Crippen LogP contribution is 2.18. The molecule has 0 spiro atoms. The third-order valence-corrected chi connectivity index (χ3v) is 3.13. The van der Waals surface area contributed by atoms with E-state index in [0.29, 0.717) is 6.54 Å². The van der Waals surface area contributed by atoms with Gasteiger partial charge < -0.3 is 10.2 Å². The molecule has 0 fully saturated rings. The SMILES string of the molecule is CC(=O)NCCCN(C)c1nc2ccccc2nc1C. The van der Waals surface area contributed by atoms with Gasteiger partial charge in [0.15, 0.2) is 5.82 Å². The quantitative estimate of drug-likeness (QED) is 0.845. The number of aryl methyl sites for hydroxylation is 1. The molecule has 1 aromatic heterocycles. The number of nitrogens with one attached hydrogen (secondary N) is 1. The van der Waals surface area contributed by atoms with E-state index in [-0.39, 0.29) is 5.91 Å². The summed E-state index contributed by atoms with van der Waals surface area (Å²) in [7, 11) is 2.00. The van der Waals surface area contributed by atoms with Crippen molar-refractivity contribution in [3.8, 4) is 0 Å². The van der Waals surface area contributed by atoms with Crippen LogP contribution in [0.4, 0.5) is 5.82 Å². The van der Waals surface area contributed by atoms with Gasteiger partial charge in [-0.25, -0.2) is 9.97 Å². The summed E-state index contributed by atoms with van der Waals surface area (Å²) in [6.45, 7) is 5.01. The van der Waals surface area contributed by atoms with Crippen LogP contribution in [0.1, 0.15) is 19.0 Å². The lowest BCUT2D eigenvalue weighted by Crippen LogP contribution is -2.27. The van der Waals surface area contributed by atoms with E-state index in [1.807, 2.05) is 38.2 Å². The van der Waals surface area contributed by atoms with Crippen LogP contribution in [-0.2, 0) is 4.79 Å². The van der Waals surface area contributed by atoms with Crippen LogP contribution in [0, 0.1) is 6.92 Å². The lowest BCUT2D eigenvalue weighted by molar-refractivity contribution is -0.118. The van der Waals surface area contributed by atoms with Gasteiger partial charge in [-0.05, 0) is 25.5 Å². The number of hydrogen-bond donors (Lipinski definition) is 1. The van der Waals surface area contributed by atoms with E-state index in [0.717, 1.165) is 35.5 Å². The zero-order valence-electron chi connectivity index (χ0n) is 12.2. The van der Waals surface area contributed by atoms with Gasteiger partial charge in [0.1, 0.15) is 0 Å². The summed E-state index contributed by atoms with van der Waals surface area (Å²) in [6.07, 6.45) is 0.879. The van der Waals surface area contributed by atoms with Crippen molar-refractivity contribution in [2.75, 3.05) is 25.0 Å². The molecule has 0 saturated heterocycles. The molecule has 0 aliphatic heterocycles. The number of aromatic nitrogens is 2. The molecule has 0 radical (unpaired) electrons. The fourth-order valence-electron chi connectivity index (χ4n) is 2.13. The normalized spacial score (nSPS) is 10.6. The van der Waals surface area contributed by atoms with Crippen LogP contribution in [-0.4, -0.2) is 36.0 Å². The summed E-state index contributed by atoms with van der Waals surface area (Å²) in [6, 6.07) is 7.87. The molecule has 0 atom stereocenters. The van der Waals surface area contributed by atoms with Gasteiger partial charge in [-0.2, -0.15) is 0 Å². The molecule has 1 heterocycles. The Hall–Kier alpha value is -2.17. The predicted molar refractivity (Wildman–Crippen MR) is 80.8 cm³/mol. The van der Waals surface area contributed by atoms with Crippen molar-refractivity contribution in [1.82, 2.24) is 15.3 Å². The number of nitrogens with zero attached hydrogens (tertiary/aromatic N) is 3. The van der Waals surface area contributed by atoms with E-state index in [1.54, 1.807) is 0 Å². The largest absolute Gasteiger partial charge is 0.358 e. The Balaban J connectivity index is 2.07. The maximum absolute atomic E-state index is 10.8. The van der Waals surface area contributed by atoms with Crippen LogP contribution in [0.5, 0.6) is 0 Å². The van der Waals surface area contributed by atoms with Crippen molar-refractivity contribution in [3.05, 3.63) is 30.0 Å². The molecule has 2 rings (SSSR count). The Bertz CT molecular complexity index is 612. The van der Waals surface area contributed by atoms with E-state index in [4.69, 9.17) is 0 Å². The fraction of sp³-hybridized carbons (Fsp3) is 0.400. The highest BCUT2D eigenvalue weighted by atomic mass is 16.1. The molecular weight excluding hydrogens is 252 g/mol. The first-order chi connectivity index (χ1) is 9.58. The maximum atomic E-state index is 10.8. The van der Waals surface area contributed by atoms with E-state index in [9.17, 15) is 4.79 Å². The second-order valence-corrected chi connectivity index (χ2v) is 4.88. The molecule has 0 bridgehead atoms. The highest BCUT2D eigenvalue weighted by Gasteiger charge is 2.09. The average molecular weight is 272 g/mol. The Kier molecular flexibility index (Phi) is 4.50. The first kappa shape index (κ1) is 14.2. The van der Waals surface area contributed by atoms with Crippen LogP contribution < -0.4 is 10.2 Å². The summed E-state index contributed by atoms with van der Waals surface area (Å²) >= 11 is 0. The van der Waals surface area contributed by atoms with Gasteiger partial charge >= 0.3 is 0 Å². The fourth-order valence-corrected chi connectivity index (χ4v) is 2.13. The molecule has 1 aromatic carbocycles. The molecular formula is C15H20N4O. The molecule has 0 aliphatic carbocycles. The second-order valence-electron chi connectivity index (χ2n) is 4.88. The molecule has 20 heavy (non-hydrogen) atoms. The number of rotatable bonds is 5. The first-order valence-electron chi connectivity index (χ1n) is 6.77. The van der Waals surface area contributed by atoms with Gasteiger partial charge in [0.05, 0.1) is 16.7 Å². The number of hydrogen-bond acceptors (Lipinski definition) is 4. The van der Waals surface area contributed by atoms with Crippen molar-refractivity contribution < 1.29 is 4.79 Å². The van der Waals surface area contributed by atoms with E-state index < -0.39 is 0 Å². The summed E-state index contributed by atoms with van der Waals surface area (Å²) in [4.78, 5) is 22.1. The van der Waals surface area contributed by atoms with Crippen molar-refractivity contribution in [3.63, 3.8) is 0 Å². The van der Waals surface area contributed by atoms with E-state index in [1.165, 1.54) is 6.92 Å². The van der Waals surface area contributed by atoms with Gasteiger partial charge in [0.2, 0.25) is 5.91 Å². The van der Waals surface area contributed by atoms with Gasteiger partial charge in [0, 0.05) is 27.1 Å². The summed E-state index contributed by atoms with van der Waals surface area (Å²) in [5.74, 6) is 0.904. The molecule has 0 saturated carbocycles. The molecule has 0 aliphatic rings. The molecule has 106 valence electrons. The smallest absolute Gasteiger partial charge is 0.216 e. The van der Waals surface area contributed by atoms with Gasteiger partial charge in [-0.1, -0.05) is 12.1 Å². The van der Waals surface area contributed by atoms with E-state index >= 15 is 0 Å².